The summed E-state index contributed by atoms with van der Waals surface area (Å²) >= 11 is 0. The van der Waals surface area contributed by atoms with Crippen molar-refractivity contribution in [2.24, 2.45) is 35.5 Å². The van der Waals surface area contributed by atoms with Gasteiger partial charge in [0.2, 0.25) is 0 Å². The first kappa shape index (κ1) is 23.7. The number of hydrogen-bond donors (Lipinski definition) is 0. The van der Waals surface area contributed by atoms with Gasteiger partial charge in [-0.3, -0.25) is 0 Å². The third kappa shape index (κ3) is 8.22. The maximum absolute atomic E-state index is 2.37. The highest BCUT2D eigenvalue weighted by atomic mass is 14.4. The average molecular weight is 403 g/mol. The van der Waals surface area contributed by atoms with Crippen LogP contribution in [-0.4, -0.2) is 0 Å². The van der Waals surface area contributed by atoms with Crippen molar-refractivity contribution in [3.63, 3.8) is 0 Å². The van der Waals surface area contributed by atoms with E-state index in [0.29, 0.717) is 0 Å². The van der Waals surface area contributed by atoms with Gasteiger partial charge in [0.05, 0.1) is 0 Å². The fraction of sp³-hybridized carbons (Fsp3) is 1.00. The van der Waals surface area contributed by atoms with Crippen molar-refractivity contribution in [2.75, 3.05) is 0 Å². The van der Waals surface area contributed by atoms with Gasteiger partial charge in [-0.2, -0.15) is 0 Å². The number of hydrogen-bond acceptors (Lipinski definition) is 0. The Morgan fingerprint density at radius 2 is 1.14 bits per heavy atom. The summed E-state index contributed by atoms with van der Waals surface area (Å²) in [4.78, 5) is 0. The van der Waals surface area contributed by atoms with Crippen LogP contribution in [0.5, 0.6) is 0 Å². The summed E-state index contributed by atoms with van der Waals surface area (Å²) in [5, 5.41) is 0. The summed E-state index contributed by atoms with van der Waals surface area (Å²) in [7, 11) is 0. The van der Waals surface area contributed by atoms with Crippen molar-refractivity contribution < 1.29 is 0 Å². The van der Waals surface area contributed by atoms with Crippen LogP contribution < -0.4 is 0 Å². The minimum Gasteiger partial charge on any atom is -0.0654 e. The minimum atomic E-state index is 1.08. The van der Waals surface area contributed by atoms with E-state index in [4.69, 9.17) is 0 Å². The van der Waals surface area contributed by atoms with Crippen LogP contribution in [0.15, 0.2) is 0 Å². The molecule has 0 heteroatoms. The zero-order chi connectivity index (χ0) is 20.3. The van der Waals surface area contributed by atoms with Gasteiger partial charge >= 0.3 is 0 Å². The second-order valence-corrected chi connectivity index (χ2v) is 11.7. The quantitative estimate of drug-likeness (QED) is 0.322. The molecule has 0 aliphatic heterocycles. The van der Waals surface area contributed by atoms with Crippen molar-refractivity contribution in [2.45, 2.75) is 149 Å². The van der Waals surface area contributed by atoms with Gasteiger partial charge in [-0.05, 0) is 61.2 Å². The Labute approximate surface area is 184 Å². The Morgan fingerprint density at radius 1 is 0.552 bits per heavy atom. The molecule has 0 nitrogen and oxygen atoms in total. The van der Waals surface area contributed by atoms with Crippen LogP contribution in [0.25, 0.3) is 0 Å². The molecule has 0 bridgehead atoms. The van der Waals surface area contributed by atoms with Crippen LogP contribution in [0.1, 0.15) is 149 Å². The molecule has 3 aliphatic carbocycles. The predicted octanol–water partition coefficient (Wildman–Crippen LogP) is 9.96. The predicted molar refractivity (Wildman–Crippen MR) is 129 cm³/mol. The number of unbranched alkanes of at least 4 members (excludes halogenated alkanes) is 1. The van der Waals surface area contributed by atoms with Gasteiger partial charge in [-0.25, -0.2) is 0 Å². The lowest BCUT2D eigenvalue weighted by atomic mass is 9.68. The van der Waals surface area contributed by atoms with Crippen molar-refractivity contribution >= 4 is 0 Å². The molecule has 0 heterocycles. The molecule has 0 saturated heterocycles. The third-order valence-electron chi connectivity index (χ3n) is 9.49. The Balaban J connectivity index is 1.46. The summed E-state index contributed by atoms with van der Waals surface area (Å²) in [6, 6.07) is 0. The Hall–Kier alpha value is 0. The molecule has 0 spiro atoms. The molecular weight excluding hydrogens is 348 g/mol. The fourth-order valence-electron chi connectivity index (χ4n) is 7.50. The van der Waals surface area contributed by atoms with Crippen LogP contribution in [0, 0.1) is 35.5 Å². The van der Waals surface area contributed by atoms with Crippen LogP contribution in [-0.2, 0) is 0 Å². The van der Waals surface area contributed by atoms with Gasteiger partial charge in [-0.15, -0.1) is 0 Å². The first-order valence-corrected chi connectivity index (χ1v) is 14.3. The van der Waals surface area contributed by atoms with Gasteiger partial charge in [-0.1, -0.05) is 123 Å². The first-order chi connectivity index (χ1) is 14.3. The van der Waals surface area contributed by atoms with Crippen molar-refractivity contribution in [1.82, 2.24) is 0 Å². The SMILES string of the molecule is CCCCC1CCC(C(CCC2CCC(CCC)CC2)CC2CCCCC2)CC1. The van der Waals surface area contributed by atoms with E-state index in [9.17, 15) is 0 Å². The summed E-state index contributed by atoms with van der Waals surface area (Å²) in [6.07, 6.45) is 32.3. The lowest BCUT2D eigenvalue weighted by molar-refractivity contribution is 0.140. The molecule has 3 saturated carbocycles. The van der Waals surface area contributed by atoms with Gasteiger partial charge in [0, 0.05) is 0 Å². The highest BCUT2D eigenvalue weighted by Crippen LogP contribution is 2.43. The fourth-order valence-corrected chi connectivity index (χ4v) is 7.50. The van der Waals surface area contributed by atoms with Gasteiger partial charge in [0.25, 0.3) is 0 Å². The van der Waals surface area contributed by atoms with Gasteiger partial charge in [0.1, 0.15) is 0 Å². The molecule has 0 aromatic heterocycles. The van der Waals surface area contributed by atoms with E-state index in [1.807, 2.05) is 0 Å². The smallest absolute Gasteiger partial charge is 0.0383 e. The topological polar surface area (TPSA) is 0 Å². The Bertz CT molecular complexity index is 390. The Morgan fingerprint density at radius 3 is 1.76 bits per heavy atom. The van der Waals surface area contributed by atoms with E-state index < -0.39 is 0 Å². The van der Waals surface area contributed by atoms with Crippen molar-refractivity contribution in [3.8, 4) is 0 Å². The molecule has 29 heavy (non-hydrogen) atoms. The number of rotatable bonds is 11. The molecule has 3 rings (SSSR count). The molecule has 170 valence electrons. The molecular formula is C29H54. The van der Waals surface area contributed by atoms with Gasteiger partial charge < -0.3 is 0 Å². The van der Waals surface area contributed by atoms with Crippen LogP contribution in [0.4, 0.5) is 0 Å². The van der Waals surface area contributed by atoms with E-state index >= 15 is 0 Å². The average Bonchev–Trinajstić information content (AvgIpc) is 2.77. The van der Waals surface area contributed by atoms with Crippen molar-refractivity contribution in [3.05, 3.63) is 0 Å². The molecule has 0 amide bonds. The molecule has 3 aliphatic rings. The highest BCUT2D eigenvalue weighted by molar-refractivity contribution is 4.82. The van der Waals surface area contributed by atoms with E-state index in [1.54, 1.807) is 83.5 Å². The largest absolute Gasteiger partial charge is 0.0654 e. The maximum Gasteiger partial charge on any atom is -0.0383 e. The maximum atomic E-state index is 2.37. The monoisotopic (exact) mass is 402 g/mol. The van der Waals surface area contributed by atoms with Crippen LogP contribution in [0.2, 0.25) is 0 Å². The molecule has 0 aromatic carbocycles. The second-order valence-electron chi connectivity index (χ2n) is 11.7. The standard InChI is InChI=1S/C29H54/c1-3-5-10-25-17-20-28(21-18-25)29(23-27-11-7-6-8-12-27)22-19-26-15-13-24(9-4-2)14-16-26/h24-29H,3-23H2,1-2H3. The van der Waals surface area contributed by atoms with Gasteiger partial charge in [0.15, 0.2) is 0 Å². The molecule has 1 unspecified atom stereocenters. The summed E-state index contributed by atoms with van der Waals surface area (Å²) in [6.45, 7) is 4.74. The molecule has 3 fully saturated rings. The lowest BCUT2D eigenvalue weighted by Gasteiger charge is -2.38. The summed E-state index contributed by atoms with van der Waals surface area (Å²) in [5.41, 5.74) is 0. The van der Waals surface area contributed by atoms with E-state index in [0.717, 1.165) is 35.5 Å². The zero-order valence-electron chi connectivity index (χ0n) is 20.3. The molecule has 0 N–H and O–H groups in total. The Kier molecular flexibility index (Phi) is 10.9. The molecule has 0 aromatic rings. The van der Waals surface area contributed by atoms with Crippen LogP contribution in [0.3, 0.4) is 0 Å². The minimum absolute atomic E-state index is 1.08. The zero-order valence-corrected chi connectivity index (χ0v) is 20.3. The molecule has 1 atom stereocenters. The third-order valence-corrected chi connectivity index (χ3v) is 9.49. The van der Waals surface area contributed by atoms with E-state index in [2.05, 4.69) is 13.8 Å². The summed E-state index contributed by atoms with van der Waals surface area (Å²) < 4.78 is 0. The van der Waals surface area contributed by atoms with E-state index in [1.165, 1.54) is 51.4 Å². The second kappa shape index (κ2) is 13.4. The normalized spacial score (nSPS) is 32.9. The molecule has 0 radical (unpaired) electrons. The van der Waals surface area contributed by atoms with E-state index in [-0.39, 0.29) is 0 Å². The first-order valence-electron chi connectivity index (χ1n) is 14.3. The lowest BCUT2D eigenvalue weighted by Crippen LogP contribution is -2.25. The summed E-state index contributed by atoms with van der Waals surface area (Å²) in [5.74, 6) is 6.50. The van der Waals surface area contributed by atoms with Crippen LogP contribution >= 0.6 is 0 Å². The van der Waals surface area contributed by atoms with Crippen molar-refractivity contribution in [1.29, 1.82) is 0 Å². The highest BCUT2D eigenvalue weighted by Gasteiger charge is 2.30.